The molecule has 0 N–H and O–H groups in total. The van der Waals surface area contributed by atoms with Gasteiger partial charge >= 0.3 is 0 Å². The Morgan fingerprint density at radius 3 is 2.30 bits per heavy atom. The van der Waals surface area contributed by atoms with Gasteiger partial charge in [-0.2, -0.15) is 0 Å². The Balaban J connectivity index is 2.38. The van der Waals surface area contributed by atoms with Crippen LogP contribution >= 0.6 is 59.4 Å². The molecule has 0 heterocycles. The van der Waals surface area contributed by atoms with Crippen LogP contribution in [0.5, 0.6) is 5.75 Å². The van der Waals surface area contributed by atoms with Crippen molar-refractivity contribution in [1.82, 2.24) is 0 Å². The van der Waals surface area contributed by atoms with Gasteiger partial charge < -0.3 is 4.74 Å². The zero-order valence-corrected chi connectivity index (χ0v) is 18.2. The normalized spacial score (nSPS) is 13.3. The summed E-state index contributed by atoms with van der Waals surface area (Å²) in [7, 11) is 0. The van der Waals surface area contributed by atoms with Crippen molar-refractivity contribution in [3.63, 3.8) is 0 Å². The SMILES string of the molecule is Cc1cc(Br)ccc1C(C)C(Oc1ccccc1)C(Cl)=C(Br)Br. The van der Waals surface area contributed by atoms with Crippen molar-refractivity contribution in [1.29, 1.82) is 0 Å². The minimum absolute atomic E-state index is 0.0842. The number of ether oxygens (including phenoxy) is 1. The highest BCUT2D eigenvalue weighted by atomic mass is 79.9. The van der Waals surface area contributed by atoms with E-state index in [-0.39, 0.29) is 12.0 Å². The molecule has 2 aromatic rings. The molecule has 0 amide bonds. The van der Waals surface area contributed by atoms with Crippen molar-refractivity contribution >= 4 is 59.4 Å². The third kappa shape index (κ3) is 5.09. The van der Waals surface area contributed by atoms with E-state index >= 15 is 0 Å². The zero-order chi connectivity index (χ0) is 17.0. The first-order chi connectivity index (χ1) is 10.9. The molecule has 0 radical (unpaired) electrons. The predicted octanol–water partition coefficient (Wildman–Crippen LogP) is 7.51. The largest absolute Gasteiger partial charge is 0.484 e. The Hall–Kier alpha value is -0.290. The van der Waals surface area contributed by atoms with Gasteiger partial charge in [0.2, 0.25) is 0 Å². The summed E-state index contributed by atoms with van der Waals surface area (Å²) in [5.41, 5.74) is 2.40. The van der Waals surface area contributed by atoms with E-state index < -0.39 is 0 Å². The zero-order valence-electron chi connectivity index (χ0n) is 12.7. The van der Waals surface area contributed by atoms with Crippen LogP contribution in [0.25, 0.3) is 0 Å². The highest BCUT2D eigenvalue weighted by Gasteiger charge is 2.27. The van der Waals surface area contributed by atoms with E-state index in [0.29, 0.717) is 8.42 Å². The summed E-state index contributed by atoms with van der Waals surface area (Å²) < 4.78 is 7.95. The first kappa shape index (κ1) is 19.0. The summed E-state index contributed by atoms with van der Waals surface area (Å²) in [5.74, 6) is 0.874. The highest BCUT2D eigenvalue weighted by molar-refractivity contribution is 9.28. The van der Waals surface area contributed by atoms with Gasteiger partial charge in [0, 0.05) is 10.4 Å². The number of hydrogen-bond acceptors (Lipinski definition) is 1. The van der Waals surface area contributed by atoms with Crippen molar-refractivity contribution in [2.75, 3.05) is 0 Å². The molecule has 23 heavy (non-hydrogen) atoms. The smallest absolute Gasteiger partial charge is 0.142 e. The molecular formula is C18H16Br3ClO. The van der Waals surface area contributed by atoms with Crippen molar-refractivity contribution in [3.05, 3.63) is 72.6 Å². The molecule has 0 aliphatic heterocycles. The van der Waals surface area contributed by atoms with Crippen LogP contribution in [0.2, 0.25) is 0 Å². The second-order valence-electron chi connectivity index (χ2n) is 5.25. The van der Waals surface area contributed by atoms with Gasteiger partial charge in [-0.05, 0) is 74.2 Å². The molecular weight excluding hydrogens is 507 g/mol. The number of halogens is 4. The molecule has 1 nitrogen and oxygen atoms in total. The molecule has 0 spiro atoms. The lowest BCUT2D eigenvalue weighted by atomic mass is 9.91. The standard InChI is InChI=1S/C18H16Br3ClO/c1-11-10-13(19)8-9-15(11)12(2)17(16(22)18(20)21)23-14-6-4-3-5-7-14/h3-10,12,17H,1-2H3. The second-order valence-corrected chi connectivity index (χ2v) is 9.22. The third-order valence-electron chi connectivity index (χ3n) is 3.61. The van der Waals surface area contributed by atoms with Crippen molar-refractivity contribution < 1.29 is 4.74 Å². The minimum Gasteiger partial charge on any atom is -0.484 e. The summed E-state index contributed by atoms with van der Waals surface area (Å²) in [6.07, 6.45) is -0.298. The van der Waals surface area contributed by atoms with Crippen molar-refractivity contribution in [3.8, 4) is 5.75 Å². The van der Waals surface area contributed by atoms with Gasteiger partial charge in [0.1, 0.15) is 11.9 Å². The Labute approximate surface area is 167 Å². The molecule has 5 heteroatoms. The van der Waals surface area contributed by atoms with Gasteiger partial charge in [0.15, 0.2) is 0 Å². The quantitative estimate of drug-likeness (QED) is 0.394. The van der Waals surface area contributed by atoms with Crippen LogP contribution < -0.4 is 4.74 Å². The van der Waals surface area contributed by atoms with Crippen LogP contribution in [0.15, 0.2) is 61.4 Å². The number of para-hydroxylation sites is 1. The van der Waals surface area contributed by atoms with Crippen molar-refractivity contribution in [2.24, 2.45) is 0 Å². The lowest BCUT2D eigenvalue weighted by Crippen LogP contribution is -2.25. The molecule has 2 unspecified atom stereocenters. The fraction of sp³-hybridized carbons (Fsp3) is 0.222. The summed E-state index contributed by atoms with van der Waals surface area (Å²) in [6, 6.07) is 16.0. The molecule has 2 rings (SSSR count). The van der Waals surface area contributed by atoms with Gasteiger partial charge in [0.25, 0.3) is 0 Å². The van der Waals surface area contributed by atoms with Gasteiger partial charge in [-0.1, -0.05) is 58.7 Å². The van der Waals surface area contributed by atoms with Gasteiger partial charge in [-0.15, -0.1) is 0 Å². The summed E-state index contributed by atoms with van der Waals surface area (Å²) in [6.45, 7) is 4.21. The first-order valence-corrected chi connectivity index (χ1v) is 9.84. The van der Waals surface area contributed by atoms with Crippen LogP contribution in [-0.4, -0.2) is 6.10 Å². The molecule has 0 aromatic heterocycles. The number of rotatable bonds is 5. The maximum Gasteiger partial charge on any atom is 0.142 e. The van der Waals surface area contributed by atoms with Crippen LogP contribution in [0, 0.1) is 6.92 Å². The maximum atomic E-state index is 6.51. The van der Waals surface area contributed by atoms with Crippen LogP contribution in [-0.2, 0) is 0 Å². The van der Waals surface area contributed by atoms with E-state index in [1.807, 2.05) is 36.4 Å². The molecule has 2 aromatic carbocycles. The molecule has 0 aliphatic carbocycles. The van der Waals surface area contributed by atoms with Crippen LogP contribution in [0.1, 0.15) is 24.0 Å². The predicted molar refractivity (Wildman–Crippen MR) is 109 cm³/mol. The average Bonchev–Trinajstić information content (AvgIpc) is 2.52. The second kappa shape index (κ2) is 8.70. The van der Waals surface area contributed by atoms with Crippen LogP contribution in [0.3, 0.4) is 0 Å². The van der Waals surface area contributed by atoms with E-state index in [1.54, 1.807) is 0 Å². The number of hydrogen-bond donors (Lipinski definition) is 0. The fourth-order valence-electron chi connectivity index (χ4n) is 2.44. The Kier molecular flexibility index (Phi) is 7.20. The molecule has 0 fully saturated rings. The number of benzene rings is 2. The molecule has 0 aliphatic rings. The van der Waals surface area contributed by atoms with Gasteiger partial charge in [0.05, 0.1) is 8.42 Å². The van der Waals surface area contributed by atoms with Gasteiger partial charge in [-0.25, -0.2) is 0 Å². The van der Waals surface area contributed by atoms with E-state index in [1.165, 1.54) is 11.1 Å². The van der Waals surface area contributed by atoms with E-state index in [9.17, 15) is 0 Å². The minimum atomic E-state index is -0.298. The summed E-state index contributed by atoms with van der Waals surface area (Å²) in [4.78, 5) is 0. The number of aryl methyl sites for hydroxylation is 1. The Morgan fingerprint density at radius 1 is 1.09 bits per heavy atom. The molecule has 2 atom stereocenters. The van der Waals surface area contributed by atoms with E-state index in [4.69, 9.17) is 16.3 Å². The summed E-state index contributed by atoms with van der Waals surface area (Å²) in [5, 5.41) is 0.601. The van der Waals surface area contributed by atoms with Crippen molar-refractivity contribution in [2.45, 2.75) is 25.9 Å². The topological polar surface area (TPSA) is 9.23 Å². The fourth-order valence-corrected chi connectivity index (χ4v) is 3.60. The lowest BCUT2D eigenvalue weighted by molar-refractivity contribution is 0.218. The molecule has 0 saturated heterocycles. The Bertz CT molecular complexity index is 697. The Morgan fingerprint density at radius 2 is 1.74 bits per heavy atom. The maximum absolute atomic E-state index is 6.51. The average molecular weight is 523 g/mol. The lowest BCUT2D eigenvalue weighted by Gasteiger charge is -2.26. The summed E-state index contributed by atoms with van der Waals surface area (Å²) >= 11 is 16.8. The monoisotopic (exact) mass is 520 g/mol. The third-order valence-corrected chi connectivity index (χ3v) is 5.82. The van der Waals surface area contributed by atoms with E-state index in [0.717, 1.165) is 10.2 Å². The molecule has 0 bridgehead atoms. The van der Waals surface area contributed by atoms with E-state index in [2.05, 4.69) is 73.8 Å². The van der Waals surface area contributed by atoms with Gasteiger partial charge in [-0.3, -0.25) is 0 Å². The molecule has 0 saturated carbocycles. The molecule has 122 valence electrons. The van der Waals surface area contributed by atoms with Crippen LogP contribution in [0.4, 0.5) is 0 Å². The first-order valence-electron chi connectivity index (χ1n) is 7.08. The highest BCUT2D eigenvalue weighted by Crippen LogP contribution is 2.36.